The Labute approximate surface area is 160 Å². The van der Waals surface area contributed by atoms with Crippen LogP contribution in [0.25, 0.3) is 6.08 Å². The molecule has 0 atom stereocenters. The molecule has 1 saturated heterocycles. The van der Waals surface area contributed by atoms with E-state index in [1.54, 1.807) is 18.2 Å². The van der Waals surface area contributed by atoms with Crippen LogP contribution in [0, 0.1) is 0 Å². The van der Waals surface area contributed by atoms with Crippen molar-refractivity contribution in [3.63, 3.8) is 0 Å². The topological polar surface area (TPSA) is 81.7 Å². The average molecular weight is 407 g/mol. The molecule has 134 valence electrons. The van der Waals surface area contributed by atoms with Gasteiger partial charge < -0.3 is 14.2 Å². The maximum Gasteiger partial charge on any atom is 0.339 e. The van der Waals surface area contributed by atoms with Crippen molar-refractivity contribution < 1.29 is 22.1 Å². The van der Waals surface area contributed by atoms with Crippen LogP contribution in [0.4, 0.5) is 0 Å². The molecule has 0 aromatic heterocycles. The maximum atomic E-state index is 12.5. The van der Waals surface area contributed by atoms with Gasteiger partial charge in [0.15, 0.2) is 0 Å². The van der Waals surface area contributed by atoms with Crippen LogP contribution in [-0.4, -0.2) is 25.8 Å². The highest BCUT2D eigenvalue weighted by molar-refractivity contribution is 8.26. The number of para-hydroxylation sites is 1. The number of hydrogen-bond donors (Lipinski definition) is 1. The Hall–Kier alpha value is -2.36. The summed E-state index contributed by atoms with van der Waals surface area (Å²) in [6.45, 7) is 0. The number of carbonyl (C=O) groups is 1. The SMILES string of the molecule is COc1ccc(S(=O)(=O)Oc2ccccc2C=C2SC(=S)NC2=O)cc1. The van der Waals surface area contributed by atoms with E-state index < -0.39 is 10.1 Å². The molecule has 0 unspecified atom stereocenters. The third kappa shape index (κ3) is 4.06. The molecule has 1 aliphatic heterocycles. The minimum atomic E-state index is -4.04. The number of rotatable bonds is 5. The van der Waals surface area contributed by atoms with Crippen LogP contribution in [0.1, 0.15) is 5.56 Å². The van der Waals surface area contributed by atoms with Gasteiger partial charge in [-0.05, 0) is 36.4 Å². The molecule has 0 bridgehead atoms. The van der Waals surface area contributed by atoms with Crippen LogP contribution < -0.4 is 14.2 Å². The highest BCUT2D eigenvalue weighted by atomic mass is 32.2. The third-order valence-corrected chi connectivity index (χ3v) is 5.81. The minimum absolute atomic E-state index is 0.00471. The van der Waals surface area contributed by atoms with Crippen LogP contribution in [0.15, 0.2) is 58.3 Å². The van der Waals surface area contributed by atoms with Gasteiger partial charge in [-0.3, -0.25) is 4.79 Å². The highest BCUT2D eigenvalue weighted by Gasteiger charge is 2.23. The number of amides is 1. The van der Waals surface area contributed by atoms with Crippen molar-refractivity contribution >= 4 is 50.4 Å². The maximum absolute atomic E-state index is 12.5. The van der Waals surface area contributed by atoms with Crippen LogP contribution in [0.5, 0.6) is 11.5 Å². The molecule has 2 aromatic rings. The number of ether oxygens (including phenoxy) is 1. The quantitative estimate of drug-likeness (QED) is 0.464. The summed E-state index contributed by atoms with van der Waals surface area (Å²) in [5.74, 6) is 0.323. The Bertz CT molecular complexity index is 997. The predicted octanol–water partition coefficient (Wildman–Crippen LogP) is 2.95. The normalized spacial score (nSPS) is 15.8. The van der Waals surface area contributed by atoms with Gasteiger partial charge in [-0.15, -0.1) is 0 Å². The van der Waals surface area contributed by atoms with Gasteiger partial charge in [0.25, 0.3) is 5.91 Å². The van der Waals surface area contributed by atoms with Gasteiger partial charge in [-0.1, -0.05) is 42.2 Å². The summed E-state index contributed by atoms with van der Waals surface area (Å²) >= 11 is 6.06. The van der Waals surface area contributed by atoms with Crippen LogP contribution in [-0.2, 0) is 14.9 Å². The molecule has 26 heavy (non-hydrogen) atoms. The van der Waals surface area contributed by atoms with E-state index >= 15 is 0 Å². The third-order valence-electron chi connectivity index (χ3n) is 3.40. The van der Waals surface area contributed by atoms with E-state index in [2.05, 4.69) is 5.32 Å². The average Bonchev–Trinajstić information content (AvgIpc) is 2.93. The van der Waals surface area contributed by atoms with E-state index in [0.29, 0.717) is 20.5 Å². The Morgan fingerprint density at radius 1 is 1.12 bits per heavy atom. The standard InChI is InChI=1S/C17H13NO5S3/c1-22-12-6-8-13(9-7-12)26(20,21)23-14-5-3-2-4-11(14)10-15-16(19)18-17(24)25-15/h2-10H,1H3,(H,18,19,24). The number of methoxy groups -OCH3 is 1. The van der Waals surface area contributed by atoms with Gasteiger partial charge >= 0.3 is 10.1 Å². The molecule has 1 N–H and O–H groups in total. The second-order valence-electron chi connectivity index (χ2n) is 5.10. The molecule has 6 nitrogen and oxygen atoms in total. The van der Waals surface area contributed by atoms with E-state index in [1.165, 1.54) is 43.5 Å². The predicted molar refractivity (Wildman–Crippen MR) is 104 cm³/mol. The van der Waals surface area contributed by atoms with E-state index in [0.717, 1.165) is 11.8 Å². The highest BCUT2D eigenvalue weighted by Crippen LogP contribution is 2.30. The number of thioether (sulfide) groups is 1. The summed E-state index contributed by atoms with van der Waals surface area (Å²) < 4.78 is 35.7. The molecular formula is C17H13NO5S3. The van der Waals surface area contributed by atoms with Crippen molar-refractivity contribution in [3.8, 4) is 11.5 Å². The van der Waals surface area contributed by atoms with Gasteiger partial charge in [0.1, 0.15) is 20.7 Å². The number of thiocarbonyl (C=S) groups is 1. The van der Waals surface area contributed by atoms with Crippen molar-refractivity contribution in [3.05, 3.63) is 59.0 Å². The second kappa shape index (κ2) is 7.48. The summed E-state index contributed by atoms with van der Waals surface area (Å²) in [6.07, 6.45) is 1.54. The number of hydrogen-bond acceptors (Lipinski definition) is 7. The largest absolute Gasteiger partial charge is 0.497 e. The first-order valence-corrected chi connectivity index (χ1v) is 9.95. The van der Waals surface area contributed by atoms with E-state index in [1.807, 2.05) is 0 Å². The molecule has 2 aromatic carbocycles. The van der Waals surface area contributed by atoms with Gasteiger partial charge in [-0.2, -0.15) is 8.42 Å². The zero-order valence-electron chi connectivity index (χ0n) is 13.5. The Kier molecular flexibility index (Phi) is 5.30. The zero-order valence-corrected chi connectivity index (χ0v) is 15.9. The molecule has 3 rings (SSSR count). The molecule has 0 spiro atoms. The smallest absolute Gasteiger partial charge is 0.339 e. The molecule has 1 amide bonds. The minimum Gasteiger partial charge on any atom is -0.497 e. The van der Waals surface area contributed by atoms with Crippen molar-refractivity contribution in [2.75, 3.05) is 7.11 Å². The monoisotopic (exact) mass is 407 g/mol. The summed E-state index contributed by atoms with van der Waals surface area (Å²) in [4.78, 5) is 12.2. The number of carbonyl (C=O) groups excluding carboxylic acids is 1. The first kappa shape index (κ1) is 18.4. The Balaban J connectivity index is 1.91. The van der Waals surface area contributed by atoms with E-state index in [-0.39, 0.29) is 16.6 Å². The number of benzene rings is 2. The first-order valence-electron chi connectivity index (χ1n) is 7.31. The molecule has 1 aliphatic rings. The van der Waals surface area contributed by atoms with Crippen LogP contribution in [0.3, 0.4) is 0 Å². The van der Waals surface area contributed by atoms with Crippen molar-refractivity contribution in [1.29, 1.82) is 0 Å². The lowest BCUT2D eigenvalue weighted by Gasteiger charge is -2.10. The Morgan fingerprint density at radius 3 is 2.42 bits per heavy atom. The lowest BCUT2D eigenvalue weighted by Crippen LogP contribution is -2.17. The zero-order chi connectivity index (χ0) is 18.7. The Morgan fingerprint density at radius 2 is 1.81 bits per heavy atom. The lowest BCUT2D eigenvalue weighted by molar-refractivity contribution is -0.115. The van der Waals surface area contributed by atoms with Crippen LogP contribution >= 0.6 is 24.0 Å². The summed E-state index contributed by atoms with van der Waals surface area (Å²) in [5, 5.41) is 2.51. The first-order chi connectivity index (χ1) is 12.4. The molecule has 1 fully saturated rings. The van der Waals surface area contributed by atoms with Gasteiger partial charge in [0.05, 0.1) is 12.0 Å². The molecule has 0 radical (unpaired) electrons. The molecule has 9 heteroatoms. The van der Waals surface area contributed by atoms with E-state index in [9.17, 15) is 13.2 Å². The van der Waals surface area contributed by atoms with Crippen LogP contribution in [0.2, 0.25) is 0 Å². The fourth-order valence-corrected chi connectivity index (χ4v) is 4.14. The molecule has 0 aliphatic carbocycles. The summed E-state index contributed by atoms with van der Waals surface area (Å²) in [5.41, 5.74) is 0.451. The van der Waals surface area contributed by atoms with Crippen molar-refractivity contribution in [2.45, 2.75) is 4.90 Å². The summed E-state index contributed by atoms with van der Waals surface area (Å²) in [7, 11) is -2.54. The molecule has 1 heterocycles. The number of nitrogens with one attached hydrogen (secondary N) is 1. The lowest BCUT2D eigenvalue weighted by atomic mass is 10.2. The molecular weight excluding hydrogens is 394 g/mol. The summed E-state index contributed by atoms with van der Waals surface area (Å²) in [6, 6.07) is 12.4. The fourth-order valence-electron chi connectivity index (χ4n) is 2.15. The second-order valence-corrected chi connectivity index (χ2v) is 8.37. The molecule has 0 saturated carbocycles. The van der Waals surface area contributed by atoms with Gasteiger partial charge in [0.2, 0.25) is 0 Å². The van der Waals surface area contributed by atoms with Crippen molar-refractivity contribution in [1.82, 2.24) is 5.32 Å². The van der Waals surface area contributed by atoms with Crippen molar-refractivity contribution in [2.24, 2.45) is 0 Å². The van der Waals surface area contributed by atoms with Gasteiger partial charge in [0, 0.05) is 5.56 Å². The van der Waals surface area contributed by atoms with E-state index in [4.69, 9.17) is 21.1 Å². The van der Waals surface area contributed by atoms with Gasteiger partial charge in [-0.25, -0.2) is 0 Å². The fraction of sp³-hybridized carbons (Fsp3) is 0.0588.